The predicted molar refractivity (Wildman–Crippen MR) is 91.8 cm³/mol. The van der Waals surface area contributed by atoms with Crippen molar-refractivity contribution in [2.75, 3.05) is 14.2 Å². The number of methoxy groups -OCH3 is 1. The number of nitrogens with zero attached hydrogens (tertiary/aromatic N) is 1. The second-order valence-electron chi connectivity index (χ2n) is 7.27. The van der Waals surface area contributed by atoms with E-state index in [0.29, 0.717) is 12.8 Å². The van der Waals surface area contributed by atoms with E-state index >= 15 is 0 Å². The summed E-state index contributed by atoms with van der Waals surface area (Å²) >= 11 is 0. The van der Waals surface area contributed by atoms with Crippen molar-refractivity contribution in [3.63, 3.8) is 0 Å². The van der Waals surface area contributed by atoms with Crippen molar-refractivity contribution in [2.24, 2.45) is 11.8 Å². The number of fused-ring (bicyclic) bond motifs is 2. The zero-order chi connectivity index (χ0) is 19.1. The molecule has 2 bridgehead atoms. The maximum absolute atomic E-state index is 12.9. The number of rotatable bonds is 5. The molecule has 2 fully saturated rings. The van der Waals surface area contributed by atoms with Crippen LogP contribution in [0.15, 0.2) is 30.3 Å². The average molecular weight is 363 g/mol. The highest BCUT2D eigenvalue weighted by atomic mass is 16.5. The summed E-state index contributed by atoms with van der Waals surface area (Å²) in [7, 11) is 3.08. The lowest BCUT2D eigenvalue weighted by Gasteiger charge is -2.44. The first-order valence-corrected chi connectivity index (χ1v) is 8.78. The molecule has 1 unspecified atom stereocenters. The molecule has 2 heterocycles. The van der Waals surface area contributed by atoms with E-state index in [9.17, 15) is 24.9 Å². The molecule has 5 atom stereocenters. The Morgan fingerprint density at radius 2 is 1.73 bits per heavy atom. The summed E-state index contributed by atoms with van der Waals surface area (Å²) in [6.45, 7) is 0. The molecule has 0 spiro atoms. The van der Waals surface area contributed by atoms with Crippen LogP contribution in [0.3, 0.4) is 0 Å². The summed E-state index contributed by atoms with van der Waals surface area (Å²) in [6.07, 6.45) is -0.404. The van der Waals surface area contributed by atoms with Crippen molar-refractivity contribution in [3.05, 3.63) is 35.9 Å². The first kappa shape index (κ1) is 19.0. The van der Waals surface area contributed by atoms with Gasteiger partial charge in [0.25, 0.3) is 0 Å². The fraction of sp³-hybridized carbons (Fsp3) is 0.579. The molecule has 2 saturated heterocycles. The van der Waals surface area contributed by atoms with Crippen LogP contribution in [-0.4, -0.2) is 64.3 Å². The molecule has 142 valence electrons. The largest absolute Gasteiger partial charge is 0.469 e. The minimum atomic E-state index is -2.33. The number of aliphatic hydroxyl groups is 3. The van der Waals surface area contributed by atoms with Gasteiger partial charge in [0.05, 0.1) is 31.5 Å². The molecule has 0 aliphatic carbocycles. The number of ketones is 1. The standard InChI is InChI=1S/C19H25NO6/c1-20-12-8-9-13(20)16(18(23)26-2)17(22)15(12)14(21)10-19(24,25)11-6-4-3-5-7-11/h3-7,12-13,15-17,22,24-25H,8-10H2,1-2H3/t12-,13+,15?,16+,17-/m0/s1. The smallest absolute Gasteiger partial charge is 0.312 e. The van der Waals surface area contributed by atoms with Crippen molar-refractivity contribution in [2.45, 2.75) is 43.2 Å². The summed E-state index contributed by atoms with van der Waals surface area (Å²) in [6, 6.07) is 7.70. The Morgan fingerprint density at radius 1 is 1.15 bits per heavy atom. The maximum atomic E-state index is 12.9. The highest BCUT2D eigenvalue weighted by molar-refractivity contribution is 5.85. The molecular formula is C19H25NO6. The van der Waals surface area contributed by atoms with E-state index < -0.39 is 41.9 Å². The summed E-state index contributed by atoms with van der Waals surface area (Å²) in [4.78, 5) is 27.0. The van der Waals surface area contributed by atoms with Gasteiger partial charge in [-0.25, -0.2) is 0 Å². The van der Waals surface area contributed by atoms with Gasteiger partial charge in [-0.3, -0.25) is 14.5 Å². The Labute approximate surface area is 152 Å². The first-order valence-electron chi connectivity index (χ1n) is 8.78. The second kappa shape index (κ2) is 7.08. The van der Waals surface area contributed by atoms with E-state index in [4.69, 9.17) is 4.74 Å². The Bertz CT molecular complexity index is 676. The molecular weight excluding hydrogens is 338 g/mol. The summed E-state index contributed by atoms with van der Waals surface area (Å²) < 4.78 is 4.82. The second-order valence-corrected chi connectivity index (χ2v) is 7.27. The van der Waals surface area contributed by atoms with E-state index in [1.165, 1.54) is 19.2 Å². The molecule has 0 radical (unpaired) electrons. The molecule has 3 N–H and O–H groups in total. The van der Waals surface area contributed by atoms with Gasteiger partial charge in [0.2, 0.25) is 0 Å². The van der Waals surface area contributed by atoms with Crippen LogP contribution in [0.2, 0.25) is 0 Å². The monoisotopic (exact) mass is 363 g/mol. The number of carbonyl (C=O) groups is 2. The van der Waals surface area contributed by atoms with Crippen LogP contribution in [0, 0.1) is 11.8 Å². The van der Waals surface area contributed by atoms with E-state index in [1.54, 1.807) is 18.2 Å². The fourth-order valence-corrected chi connectivity index (χ4v) is 4.54. The predicted octanol–water partition coefficient (Wildman–Crippen LogP) is 0.0259. The van der Waals surface area contributed by atoms with Gasteiger partial charge in [-0.05, 0) is 19.9 Å². The van der Waals surface area contributed by atoms with Gasteiger partial charge in [-0.15, -0.1) is 0 Å². The van der Waals surface area contributed by atoms with Gasteiger partial charge >= 0.3 is 5.97 Å². The Balaban J connectivity index is 1.85. The molecule has 1 aromatic carbocycles. The summed E-state index contributed by atoms with van der Waals surface area (Å²) in [5, 5.41) is 31.5. The number of esters is 1. The maximum Gasteiger partial charge on any atom is 0.312 e. The normalized spacial score (nSPS) is 31.7. The molecule has 1 aromatic rings. The zero-order valence-corrected chi connectivity index (χ0v) is 14.9. The third kappa shape index (κ3) is 3.16. The Hall–Kier alpha value is -1.80. The molecule has 0 saturated carbocycles. The van der Waals surface area contributed by atoms with Crippen LogP contribution in [0.1, 0.15) is 24.8 Å². The highest BCUT2D eigenvalue weighted by Gasteiger charge is 2.56. The molecule has 26 heavy (non-hydrogen) atoms. The van der Waals surface area contributed by atoms with E-state index in [1.807, 2.05) is 11.9 Å². The summed E-state index contributed by atoms with van der Waals surface area (Å²) in [5.74, 6) is -5.04. The number of benzene rings is 1. The average Bonchev–Trinajstić information content (AvgIpc) is 2.88. The van der Waals surface area contributed by atoms with Crippen molar-refractivity contribution >= 4 is 11.8 Å². The van der Waals surface area contributed by atoms with Gasteiger partial charge in [-0.2, -0.15) is 0 Å². The Kier molecular flexibility index (Phi) is 5.16. The lowest BCUT2D eigenvalue weighted by Crippen LogP contribution is -2.59. The van der Waals surface area contributed by atoms with Crippen molar-refractivity contribution < 1.29 is 29.6 Å². The van der Waals surface area contributed by atoms with Crippen LogP contribution in [-0.2, 0) is 20.1 Å². The number of aliphatic hydroxyl groups excluding tert-OH is 1. The Morgan fingerprint density at radius 3 is 2.31 bits per heavy atom. The van der Waals surface area contributed by atoms with Crippen LogP contribution in [0.4, 0.5) is 0 Å². The van der Waals surface area contributed by atoms with Crippen LogP contribution in [0.25, 0.3) is 0 Å². The number of carbonyl (C=O) groups excluding carboxylic acids is 2. The van der Waals surface area contributed by atoms with Gasteiger partial charge in [-0.1, -0.05) is 30.3 Å². The number of ether oxygens (including phenoxy) is 1. The molecule has 3 rings (SSSR count). The van der Waals surface area contributed by atoms with Crippen molar-refractivity contribution in [1.82, 2.24) is 4.90 Å². The van der Waals surface area contributed by atoms with Gasteiger partial charge in [0.1, 0.15) is 5.78 Å². The lowest BCUT2D eigenvalue weighted by atomic mass is 9.76. The number of hydrogen-bond donors (Lipinski definition) is 3. The van der Waals surface area contributed by atoms with Crippen LogP contribution in [0.5, 0.6) is 0 Å². The number of Topliss-reactive ketones (excluding diaryl/α,β-unsaturated/α-hetero) is 1. The zero-order valence-electron chi connectivity index (χ0n) is 14.9. The van der Waals surface area contributed by atoms with Crippen LogP contribution < -0.4 is 0 Å². The van der Waals surface area contributed by atoms with Gasteiger partial charge in [0.15, 0.2) is 5.79 Å². The fourth-order valence-electron chi connectivity index (χ4n) is 4.54. The minimum absolute atomic E-state index is 0.173. The first-order chi connectivity index (χ1) is 12.3. The number of piperidine rings is 1. The molecule has 0 amide bonds. The quantitative estimate of drug-likeness (QED) is 0.500. The molecule has 7 nitrogen and oxygen atoms in total. The highest BCUT2D eigenvalue weighted by Crippen LogP contribution is 2.43. The summed E-state index contributed by atoms with van der Waals surface area (Å²) in [5.41, 5.74) is 0.209. The van der Waals surface area contributed by atoms with Gasteiger partial charge < -0.3 is 20.1 Å². The van der Waals surface area contributed by atoms with Crippen molar-refractivity contribution in [1.29, 1.82) is 0 Å². The third-order valence-corrected chi connectivity index (χ3v) is 5.87. The SMILES string of the molecule is COC(=O)[C@@H]1[C@H]2CC[C@@H](C(C(=O)CC(O)(O)c3ccccc3)[C@@H]1O)N2C. The topological polar surface area (TPSA) is 107 Å². The molecule has 7 heteroatoms. The molecule has 2 aliphatic rings. The van der Waals surface area contributed by atoms with Gasteiger partial charge in [0, 0.05) is 17.6 Å². The number of hydrogen-bond acceptors (Lipinski definition) is 7. The van der Waals surface area contributed by atoms with Crippen LogP contribution >= 0.6 is 0 Å². The van der Waals surface area contributed by atoms with E-state index in [2.05, 4.69) is 0 Å². The molecule has 2 aliphatic heterocycles. The lowest BCUT2D eigenvalue weighted by molar-refractivity contribution is -0.186. The van der Waals surface area contributed by atoms with E-state index in [0.717, 1.165) is 0 Å². The third-order valence-electron chi connectivity index (χ3n) is 5.87. The van der Waals surface area contributed by atoms with Crippen molar-refractivity contribution in [3.8, 4) is 0 Å². The van der Waals surface area contributed by atoms with E-state index in [-0.39, 0.29) is 17.6 Å². The minimum Gasteiger partial charge on any atom is -0.469 e. The molecule has 0 aromatic heterocycles.